The molecule has 0 aromatic heterocycles. The SMILES string of the molecule is CCCNC(=NCC1CCS(=O)(=O)C1)NC1CC(C)(C)CC(C)(C)C1.I. The Hall–Kier alpha value is -0.0500. The summed E-state index contributed by atoms with van der Waals surface area (Å²) in [4.78, 5) is 4.73. The second kappa shape index (κ2) is 9.43. The predicted molar refractivity (Wildman–Crippen MR) is 121 cm³/mol. The van der Waals surface area contributed by atoms with Crippen molar-refractivity contribution < 1.29 is 8.42 Å². The largest absolute Gasteiger partial charge is 0.356 e. The Kier molecular flexibility index (Phi) is 8.70. The molecule has 1 unspecified atom stereocenters. The third kappa shape index (κ3) is 7.90. The van der Waals surface area contributed by atoms with Gasteiger partial charge in [-0.1, -0.05) is 34.6 Å². The van der Waals surface area contributed by atoms with E-state index >= 15 is 0 Å². The van der Waals surface area contributed by atoms with Gasteiger partial charge in [-0.3, -0.25) is 4.99 Å². The van der Waals surface area contributed by atoms with Crippen molar-refractivity contribution in [1.29, 1.82) is 0 Å². The van der Waals surface area contributed by atoms with Crippen molar-refractivity contribution in [3.05, 3.63) is 0 Å². The second-order valence-electron chi connectivity index (χ2n) is 9.64. The van der Waals surface area contributed by atoms with E-state index < -0.39 is 9.84 Å². The average molecular weight is 500 g/mol. The zero-order valence-corrected chi connectivity index (χ0v) is 20.2. The van der Waals surface area contributed by atoms with E-state index in [1.54, 1.807) is 0 Å². The Morgan fingerprint density at radius 1 is 1.15 bits per heavy atom. The first-order chi connectivity index (χ1) is 11.5. The monoisotopic (exact) mass is 499 g/mol. The molecule has 1 aliphatic heterocycles. The third-order valence-electron chi connectivity index (χ3n) is 5.27. The number of guanidine groups is 1. The van der Waals surface area contributed by atoms with Gasteiger partial charge < -0.3 is 10.6 Å². The lowest BCUT2D eigenvalue weighted by Gasteiger charge is -2.45. The molecule has 26 heavy (non-hydrogen) atoms. The molecule has 2 rings (SSSR count). The highest BCUT2D eigenvalue weighted by molar-refractivity contribution is 14.0. The van der Waals surface area contributed by atoms with Crippen LogP contribution in [0.25, 0.3) is 0 Å². The number of sulfone groups is 1. The van der Waals surface area contributed by atoms with Gasteiger partial charge in [-0.15, -0.1) is 24.0 Å². The number of hydrogen-bond donors (Lipinski definition) is 2. The summed E-state index contributed by atoms with van der Waals surface area (Å²) < 4.78 is 23.3. The highest BCUT2D eigenvalue weighted by Crippen LogP contribution is 2.45. The highest BCUT2D eigenvalue weighted by Gasteiger charge is 2.38. The fourth-order valence-electron chi connectivity index (χ4n) is 4.77. The fraction of sp³-hybridized carbons (Fsp3) is 0.947. The summed E-state index contributed by atoms with van der Waals surface area (Å²) in [5.41, 5.74) is 0.656. The molecule has 2 aliphatic rings. The van der Waals surface area contributed by atoms with Gasteiger partial charge in [0, 0.05) is 19.1 Å². The topological polar surface area (TPSA) is 70.6 Å². The van der Waals surface area contributed by atoms with Gasteiger partial charge in [0.15, 0.2) is 15.8 Å². The molecule has 2 N–H and O–H groups in total. The number of hydrogen-bond acceptors (Lipinski definition) is 3. The Balaban J connectivity index is 0.00000338. The molecule has 7 heteroatoms. The molecule has 1 heterocycles. The van der Waals surface area contributed by atoms with Crippen molar-refractivity contribution in [3.63, 3.8) is 0 Å². The highest BCUT2D eigenvalue weighted by atomic mass is 127. The average Bonchev–Trinajstić information content (AvgIpc) is 2.78. The Bertz CT molecular complexity index is 572. The van der Waals surface area contributed by atoms with Gasteiger partial charge in [0.05, 0.1) is 11.5 Å². The van der Waals surface area contributed by atoms with E-state index in [2.05, 4.69) is 45.3 Å². The van der Waals surface area contributed by atoms with Crippen LogP contribution in [-0.2, 0) is 9.84 Å². The van der Waals surface area contributed by atoms with Crippen molar-refractivity contribution in [2.45, 2.75) is 72.8 Å². The van der Waals surface area contributed by atoms with Crippen molar-refractivity contribution in [2.24, 2.45) is 21.7 Å². The summed E-state index contributed by atoms with van der Waals surface area (Å²) in [7, 11) is -2.83. The van der Waals surface area contributed by atoms with E-state index in [0.717, 1.165) is 38.2 Å². The molecule has 0 bridgehead atoms. The number of nitrogens with one attached hydrogen (secondary N) is 2. The first-order valence-corrected chi connectivity index (χ1v) is 11.6. The van der Waals surface area contributed by atoms with E-state index in [9.17, 15) is 8.42 Å². The van der Waals surface area contributed by atoms with Gasteiger partial charge in [0.2, 0.25) is 0 Å². The summed E-state index contributed by atoms with van der Waals surface area (Å²) in [5.74, 6) is 1.64. The number of aliphatic imine (C=N–C) groups is 1. The lowest BCUT2D eigenvalue weighted by molar-refractivity contribution is 0.0918. The standard InChI is InChI=1S/C19H37N3O2S.HI/c1-6-8-20-17(21-12-15-7-9-25(23,24)13-15)22-16-10-18(2,3)14-19(4,5)11-16;/h15-16H,6-14H2,1-5H3,(H2,20,21,22);1H. The zero-order chi connectivity index (χ0) is 18.7. The summed E-state index contributed by atoms with van der Waals surface area (Å²) in [6.07, 6.45) is 5.31. The van der Waals surface area contributed by atoms with Gasteiger partial charge in [-0.05, 0) is 48.9 Å². The quantitative estimate of drug-likeness (QED) is 0.345. The zero-order valence-electron chi connectivity index (χ0n) is 17.1. The Labute approximate surface area is 177 Å². The van der Waals surface area contributed by atoms with Crippen LogP contribution in [0.15, 0.2) is 4.99 Å². The van der Waals surface area contributed by atoms with Crippen molar-refractivity contribution in [2.75, 3.05) is 24.6 Å². The van der Waals surface area contributed by atoms with Crippen LogP contribution in [-0.4, -0.2) is 45.0 Å². The lowest BCUT2D eigenvalue weighted by Crippen LogP contribution is -2.50. The van der Waals surface area contributed by atoms with Crippen molar-refractivity contribution in [1.82, 2.24) is 10.6 Å². The molecule has 1 atom stereocenters. The normalized spacial score (nSPS) is 27.6. The second-order valence-corrected chi connectivity index (χ2v) is 11.9. The third-order valence-corrected chi connectivity index (χ3v) is 7.11. The molecular weight excluding hydrogens is 461 g/mol. The van der Waals surface area contributed by atoms with Gasteiger partial charge in [0.25, 0.3) is 0 Å². The van der Waals surface area contributed by atoms with Gasteiger partial charge >= 0.3 is 0 Å². The number of nitrogens with zero attached hydrogens (tertiary/aromatic N) is 1. The first-order valence-electron chi connectivity index (χ1n) is 9.76. The van der Waals surface area contributed by atoms with Crippen LogP contribution in [0.5, 0.6) is 0 Å². The van der Waals surface area contributed by atoms with Gasteiger partial charge in [0.1, 0.15) is 0 Å². The minimum Gasteiger partial charge on any atom is -0.356 e. The molecule has 1 saturated carbocycles. The molecule has 5 nitrogen and oxygen atoms in total. The Morgan fingerprint density at radius 2 is 1.77 bits per heavy atom. The number of rotatable bonds is 5. The molecule has 1 aliphatic carbocycles. The summed E-state index contributed by atoms with van der Waals surface area (Å²) >= 11 is 0. The van der Waals surface area contributed by atoms with Crippen LogP contribution in [0.3, 0.4) is 0 Å². The van der Waals surface area contributed by atoms with E-state index in [1.807, 2.05) is 0 Å². The van der Waals surface area contributed by atoms with E-state index in [0.29, 0.717) is 34.9 Å². The van der Waals surface area contributed by atoms with Crippen LogP contribution < -0.4 is 10.6 Å². The van der Waals surface area contributed by atoms with E-state index in [1.165, 1.54) is 6.42 Å². The smallest absolute Gasteiger partial charge is 0.191 e. The van der Waals surface area contributed by atoms with E-state index in [4.69, 9.17) is 4.99 Å². The lowest BCUT2D eigenvalue weighted by atomic mass is 9.63. The minimum absolute atomic E-state index is 0. The molecule has 154 valence electrons. The maximum atomic E-state index is 11.6. The molecule has 0 radical (unpaired) electrons. The number of halogens is 1. The van der Waals surface area contributed by atoms with Crippen LogP contribution in [0, 0.1) is 16.7 Å². The fourth-order valence-corrected chi connectivity index (χ4v) is 6.62. The van der Waals surface area contributed by atoms with Gasteiger partial charge in [-0.25, -0.2) is 8.42 Å². The molecule has 0 amide bonds. The maximum Gasteiger partial charge on any atom is 0.191 e. The van der Waals surface area contributed by atoms with Crippen LogP contribution in [0.2, 0.25) is 0 Å². The molecule has 0 spiro atoms. The maximum absolute atomic E-state index is 11.6. The molecular formula is C19H38IN3O2S. The summed E-state index contributed by atoms with van der Waals surface area (Å²) in [5, 5.41) is 7.04. The molecule has 0 aromatic rings. The van der Waals surface area contributed by atoms with Crippen LogP contribution >= 0.6 is 24.0 Å². The summed E-state index contributed by atoms with van der Waals surface area (Å²) in [6.45, 7) is 13.0. The van der Waals surface area contributed by atoms with Crippen molar-refractivity contribution >= 4 is 39.8 Å². The molecule has 2 fully saturated rings. The van der Waals surface area contributed by atoms with Crippen LogP contribution in [0.1, 0.15) is 66.7 Å². The van der Waals surface area contributed by atoms with Crippen molar-refractivity contribution in [3.8, 4) is 0 Å². The molecule has 1 saturated heterocycles. The molecule has 0 aromatic carbocycles. The predicted octanol–water partition coefficient (Wildman–Crippen LogP) is 3.59. The summed E-state index contributed by atoms with van der Waals surface area (Å²) in [6, 6.07) is 0.411. The van der Waals surface area contributed by atoms with Gasteiger partial charge in [-0.2, -0.15) is 0 Å². The van der Waals surface area contributed by atoms with Crippen LogP contribution in [0.4, 0.5) is 0 Å². The first kappa shape index (κ1) is 24.0. The Morgan fingerprint density at radius 3 is 2.27 bits per heavy atom. The minimum atomic E-state index is -2.83. The van der Waals surface area contributed by atoms with E-state index in [-0.39, 0.29) is 29.9 Å².